The van der Waals surface area contributed by atoms with E-state index >= 15 is 0 Å². The van der Waals surface area contributed by atoms with Crippen molar-refractivity contribution in [1.29, 1.82) is 0 Å². The fourth-order valence-electron chi connectivity index (χ4n) is 2.58. The maximum absolute atomic E-state index is 12.6. The monoisotopic (exact) mass is 438 g/mol. The quantitative estimate of drug-likeness (QED) is 0.636. The lowest BCUT2D eigenvalue weighted by molar-refractivity contribution is -0.123. The van der Waals surface area contributed by atoms with Crippen molar-refractivity contribution in [3.8, 4) is 0 Å². The second-order valence-electron chi connectivity index (χ2n) is 6.13. The van der Waals surface area contributed by atoms with Gasteiger partial charge in [0.1, 0.15) is 0 Å². The second-order valence-corrected chi connectivity index (χ2v) is 8.48. The van der Waals surface area contributed by atoms with Gasteiger partial charge in [-0.05, 0) is 37.3 Å². The molecule has 0 aliphatic heterocycles. The van der Waals surface area contributed by atoms with Crippen molar-refractivity contribution in [2.75, 3.05) is 18.4 Å². The number of esters is 1. The molecule has 0 fully saturated rings. The van der Waals surface area contributed by atoms with Gasteiger partial charge in [-0.3, -0.25) is 4.79 Å². The summed E-state index contributed by atoms with van der Waals surface area (Å²) in [6.07, 6.45) is -1.11. The van der Waals surface area contributed by atoms with Crippen LogP contribution in [0.4, 0.5) is 5.69 Å². The molecule has 1 unspecified atom stereocenters. The minimum absolute atomic E-state index is 0.0104. The number of nitrogens with zero attached hydrogens (tertiary/aromatic N) is 1. The Bertz CT molecular complexity index is 990. The Labute approximate surface area is 175 Å². The Balaban J connectivity index is 2.13. The number of halogens is 1. The minimum atomic E-state index is -3.72. The zero-order valence-corrected chi connectivity index (χ0v) is 18.0. The number of hydrogen-bond donors (Lipinski definition) is 1. The largest absolute Gasteiger partial charge is 0.449 e. The van der Waals surface area contributed by atoms with E-state index in [4.69, 9.17) is 16.3 Å². The van der Waals surface area contributed by atoms with Crippen LogP contribution in [0.25, 0.3) is 0 Å². The van der Waals surface area contributed by atoms with Gasteiger partial charge in [-0.2, -0.15) is 4.31 Å². The molecule has 156 valence electrons. The molecular formula is C20H23ClN2O5S. The molecule has 2 aromatic rings. The maximum atomic E-state index is 12.6. The molecule has 2 aromatic carbocycles. The highest BCUT2D eigenvalue weighted by atomic mass is 35.5. The molecule has 0 radical (unpaired) electrons. The Kier molecular flexibility index (Phi) is 7.78. The molecule has 0 saturated heterocycles. The molecule has 0 aromatic heterocycles. The van der Waals surface area contributed by atoms with Crippen molar-refractivity contribution in [3.63, 3.8) is 0 Å². The molecule has 0 aliphatic rings. The SMILES string of the molecule is CCN(CC)S(=O)(=O)c1cccc(C(=O)OC(C)C(=O)Nc2ccccc2Cl)c1. The van der Waals surface area contributed by atoms with Crippen molar-refractivity contribution in [2.45, 2.75) is 31.8 Å². The summed E-state index contributed by atoms with van der Waals surface area (Å²) >= 11 is 6.00. The number of hydrogen-bond acceptors (Lipinski definition) is 5. The van der Waals surface area contributed by atoms with Gasteiger partial charge < -0.3 is 10.1 Å². The number of nitrogens with one attached hydrogen (secondary N) is 1. The lowest BCUT2D eigenvalue weighted by Crippen LogP contribution is -2.31. The molecule has 0 saturated carbocycles. The first-order valence-corrected chi connectivity index (χ1v) is 10.9. The average molecular weight is 439 g/mol. The molecule has 0 aliphatic carbocycles. The third-order valence-corrected chi connectivity index (χ3v) is 6.57. The minimum Gasteiger partial charge on any atom is -0.449 e. The second kappa shape index (κ2) is 9.87. The highest BCUT2D eigenvalue weighted by molar-refractivity contribution is 7.89. The number of para-hydroxylation sites is 1. The van der Waals surface area contributed by atoms with E-state index in [-0.39, 0.29) is 10.5 Å². The van der Waals surface area contributed by atoms with Crippen molar-refractivity contribution in [3.05, 3.63) is 59.1 Å². The van der Waals surface area contributed by atoms with Gasteiger partial charge in [0, 0.05) is 13.1 Å². The zero-order valence-electron chi connectivity index (χ0n) is 16.4. The van der Waals surface area contributed by atoms with E-state index in [1.807, 2.05) is 0 Å². The van der Waals surface area contributed by atoms with Crippen LogP contribution in [0.3, 0.4) is 0 Å². The van der Waals surface area contributed by atoms with Gasteiger partial charge in [-0.25, -0.2) is 13.2 Å². The standard InChI is InChI=1S/C20H23ClN2O5S/c1-4-23(5-2)29(26,27)16-10-8-9-15(13-16)20(25)28-14(3)19(24)22-18-12-7-6-11-17(18)21/h6-14H,4-5H2,1-3H3,(H,22,24). The summed E-state index contributed by atoms with van der Waals surface area (Å²) in [4.78, 5) is 24.7. The van der Waals surface area contributed by atoms with E-state index in [1.54, 1.807) is 38.1 Å². The van der Waals surface area contributed by atoms with Gasteiger partial charge in [0.25, 0.3) is 5.91 Å². The van der Waals surface area contributed by atoms with Gasteiger partial charge in [0.15, 0.2) is 6.10 Å². The number of sulfonamides is 1. The Morgan fingerprint density at radius 3 is 2.38 bits per heavy atom. The lowest BCUT2D eigenvalue weighted by atomic mass is 10.2. The fourth-order valence-corrected chi connectivity index (χ4v) is 4.26. The number of ether oxygens (including phenoxy) is 1. The summed E-state index contributed by atoms with van der Waals surface area (Å²) in [7, 11) is -3.72. The van der Waals surface area contributed by atoms with Crippen molar-refractivity contribution >= 4 is 39.2 Å². The van der Waals surface area contributed by atoms with Gasteiger partial charge in [0.05, 0.1) is 21.2 Å². The first-order valence-electron chi connectivity index (χ1n) is 9.07. The lowest BCUT2D eigenvalue weighted by Gasteiger charge is -2.19. The predicted octanol–water partition coefficient (Wildman–Crippen LogP) is 3.55. The van der Waals surface area contributed by atoms with Gasteiger partial charge in [-0.1, -0.05) is 43.6 Å². The maximum Gasteiger partial charge on any atom is 0.338 e. The Morgan fingerprint density at radius 2 is 1.76 bits per heavy atom. The number of rotatable bonds is 8. The van der Waals surface area contributed by atoms with Crippen molar-refractivity contribution < 1.29 is 22.7 Å². The fraction of sp³-hybridized carbons (Fsp3) is 0.300. The molecule has 1 atom stereocenters. The van der Waals surface area contributed by atoms with Crippen LogP contribution in [0.2, 0.25) is 5.02 Å². The number of carbonyl (C=O) groups excluding carboxylic acids is 2. The van der Waals surface area contributed by atoms with Crippen LogP contribution in [0, 0.1) is 0 Å². The van der Waals surface area contributed by atoms with Gasteiger partial charge >= 0.3 is 5.97 Å². The van der Waals surface area contributed by atoms with Crippen LogP contribution >= 0.6 is 11.6 Å². The highest BCUT2D eigenvalue weighted by Crippen LogP contribution is 2.21. The highest BCUT2D eigenvalue weighted by Gasteiger charge is 2.24. The summed E-state index contributed by atoms with van der Waals surface area (Å²) in [5, 5.41) is 2.94. The average Bonchev–Trinajstić information content (AvgIpc) is 2.70. The van der Waals surface area contributed by atoms with E-state index in [0.29, 0.717) is 23.8 Å². The summed E-state index contributed by atoms with van der Waals surface area (Å²) in [6, 6.07) is 12.2. The van der Waals surface area contributed by atoms with Crippen LogP contribution < -0.4 is 5.32 Å². The molecule has 9 heteroatoms. The van der Waals surface area contributed by atoms with Gasteiger partial charge in [0.2, 0.25) is 10.0 Å². The van der Waals surface area contributed by atoms with Crippen LogP contribution in [0.15, 0.2) is 53.4 Å². The van der Waals surface area contributed by atoms with Crippen molar-refractivity contribution in [1.82, 2.24) is 4.31 Å². The molecule has 29 heavy (non-hydrogen) atoms. The predicted molar refractivity (Wildman–Crippen MR) is 112 cm³/mol. The molecule has 0 bridgehead atoms. The summed E-state index contributed by atoms with van der Waals surface area (Å²) in [5.74, 6) is -1.36. The third kappa shape index (κ3) is 5.56. The first kappa shape index (κ1) is 22.9. The normalized spacial score (nSPS) is 12.4. The van der Waals surface area contributed by atoms with E-state index in [9.17, 15) is 18.0 Å². The van der Waals surface area contributed by atoms with Gasteiger partial charge in [-0.15, -0.1) is 0 Å². The molecule has 2 rings (SSSR count). The van der Waals surface area contributed by atoms with Crippen LogP contribution in [-0.4, -0.2) is 43.8 Å². The number of carbonyl (C=O) groups is 2. The topological polar surface area (TPSA) is 92.8 Å². The molecule has 0 spiro atoms. The Hall–Kier alpha value is -2.42. The van der Waals surface area contributed by atoms with Crippen LogP contribution in [0.1, 0.15) is 31.1 Å². The molecular weight excluding hydrogens is 416 g/mol. The van der Waals surface area contributed by atoms with Crippen LogP contribution in [-0.2, 0) is 19.6 Å². The number of amides is 1. The molecule has 1 amide bonds. The Morgan fingerprint density at radius 1 is 1.10 bits per heavy atom. The molecule has 0 heterocycles. The van der Waals surface area contributed by atoms with E-state index in [1.165, 1.54) is 35.5 Å². The molecule has 1 N–H and O–H groups in total. The van der Waals surface area contributed by atoms with E-state index in [0.717, 1.165) is 0 Å². The third-order valence-electron chi connectivity index (χ3n) is 4.20. The smallest absolute Gasteiger partial charge is 0.338 e. The number of anilines is 1. The summed E-state index contributed by atoms with van der Waals surface area (Å²) in [5.41, 5.74) is 0.435. The zero-order chi connectivity index (χ0) is 21.6. The van der Waals surface area contributed by atoms with Crippen molar-refractivity contribution in [2.24, 2.45) is 0 Å². The number of benzene rings is 2. The first-order chi connectivity index (χ1) is 13.7. The van der Waals surface area contributed by atoms with E-state index in [2.05, 4.69) is 5.32 Å². The summed E-state index contributed by atoms with van der Waals surface area (Å²) < 4.78 is 31.7. The van der Waals surface area contributed by atoms with E-state index < -0.39 is 28.0 Å². The summed E-state index contributed by atoms with van der Waals surface area (Å²) in [6.45, 7) is 5.51. The van der Waals surface area contributed by atoms with Crippen LogP contribution in [0.5, 0.6) is 0 Å². The molecule has 7 nitrogen and oxygen atoms in total.